The first kappa shape index (κ1) is 16.6. The summed E-state index contributed by atoms with van der Waals surface area (Å²) in [6, 6.07) is 18.4. The number of halogens is 1. The number of aromatic nitrogens is 3. The molecule has 0 unspecified atom stereocenters. The number of benzene rings is 2. The van der Waals surface area contributed by atoms with E-state index in [4.69, 9.17) is 0 Å². The molecular formula is C20H14FN5O. The van der Waals surface area contributed by atoms with E-state index in [-0.39, 0.29) is 11.5 Å². The van der Waals surface area contributed by atoms with Crippen molar-refractivity contribution in [2.45, 2.75) is 0 Å². The van der Waals surface area contributed by atoms with Crippen LogP contribution in [0, 0.1) is 5.82 Å². The highest BCUT2D eigenvalue weighted by Crippen LogP contribution is 2.21. The Bertz CT molecular complexity index is 1110. The Labute approximate surface area is 154 Å². The molecule has 2 aromatic carbocycles. The predicted octanol–water partition coefficient (Wildman–Crippen LogP) is 4.16. The van der Waals surface area contributed by atoms with Gasteiger partial charge in [0.2, 0.25) is 0 Å². The van der Waals surface area contributed by atoms with Crippen LogP contribution in [-0.4, -0.2) is 21.1 Å². The van der Waals surface area contributed by atoms with Crippen LogP contribution in [0.15, 0.2) is 72.9 Å². The Morgan fingerprint density at radius 3 is 2.59 bits per heavy atom. The molecule has 0 fully saturated rings. The smallest absolute Gasteiger partial charge is 0.276 e. The molecule has 7 heteroatoms. The van der Waals surface area contributed by atoms with E-state index in [1.54, 1.807) is 36.5 Å². The largest absolute Gasteiger partial charge is 0.339 e. The van der Waals surface area contributed by atoms with Gasteiger partial charge in [0.25, 0.3) is 5.91 Å². The quantitative estimate of drug-likeness (QED) is 0.572. The Balaban J connectivity index is 1.51. The number of carbonyl (C=O) groups excluding carboxylic acids is 1. The minimum absolute atomic E-state index is 0.160. The van der Waals surface area contributed by atoms with Crippen LogP contribution >= 0.6 is 0 Å². The molecule has 2 heterocycles. The molecule has 2 aromatic heterocycles. The van der Waals surface area contributed by atoms with Gasteiger partial charge < -0.3 is 10.6 Å². The summed E-state index contributed by atoms with van der Waals surface area (Å²) in [7, 11) is 0. The van der Waals surface area contributed by atoms with E-state index in [1.807, 2.05) is 24.3 Å². The molecule has 0 bridgehead atoms. The summed E-state index contributed by atoms with van der Waals surface area (Å²) < 4.78 is 13.2. The van der Waals surface area contributed by atoms with E-state index in [9.17, 15) is 9.18 Å². The fourth-order valence-corrected chi connectivity index (χ4v) is 2.63. The zero-order valence-electron chi connectivity index (χ0n) is 14.1. The van der Waals surface area contributed by atoms with E-state index >= 15 is 0 Å². The van der Waals surface area contributed by atoms with Crippen LogP contribution in [0.3, 0.4) is 0 Å². The lowest BCUT2D eigenvalue weighted by Crippen LogP contribution is -2.15. The number of para-hydroxylation sites is 1. The summed E-state index contributed by atoms with van der Waals surface area (Å²) in [6.07, 6.45) is 1.67. The highest BCUT2D eigenvalue weighted by molar-refractivity contribution is 6.07. The monoisotopic (exact) mass is 359 g/mol. The van der Waals surface area contributed by atoms with Gasteiger partial charge in [0, 0.05) is 17.3 Å². The molecule has 0 radical (unpaired) electrons. The first-order valence-electron chi connectivity index (χ1n) is 8.20. The fraction of sp³-hybridized carbons (Fsp3) is 0. The van der Waals surface area contributed by atoms with Crippen molar-refractivity contribution in [3.63, 3.8) is 0 Å². The van der Waals surface area contributed by atoms with Crippen LogP contribution in [0.25, 0.3) is 10.9 Å². The lowest BCUT2D eigenvalue weighted by Gasteiger charge is -2.08. The minimum Gasteiger partial charge on any atom is -0.339 e. The lowest BCUT2D eigenvalue weighted by atomic mass is 10.2. The molecular weight excluding hydrogens is 345 g/mol. The van der Waals surface area contributed by atoms with Crippen molar-refractivity contribution in [3.05, 3.63) is 84.4 Å². The van der Waals surface area contributed by atoms with Crippen molar-refractivity contribution in [2.24, 2.45) is 0 Å². The molecule has 0 saturated carbocycles. The third-order valence-electron chi connectivity index (χ3n) is 3.88. The molecule has 1 amide bonds. The maximum absolute atomic E-state index is 13.2. The van der Waals surface area contributed by atoms with Crippen LogP contribution in [0.4, 0.5) is 21.6 Å². The number of nitrogens with zero attached hydrogens (tertiary/aromatic N) is 3. The molecule has 27 heavy (non-hydrogen) atoms. The summed E-state index contributed by atoms with van der Waals surface area (Å²) >= 11 is 0. The molecule has 2 N–H and O–H groups in total. The van der Waals surface area contributed by atoms with Crippen molar-refractivity contribution in [1.82, 2.24) is 15.2 Å². The van der Waals surface area contributed by atoms with Gasteiger partial charge in [-0.3, -0.25) is 9.78 Å². The summed E-state index contributed by atoms with van der Waals surface area (Å²) in [5.41, 5.74) is 2.00. The van der Waals surface area contributed by atoms with Gasteiger partial charge in [-0.1, -0.05) is 24.3 Å². The topological polar surface area (TPSA) is 79.8 Å². The number of amides is 1. The Kier molecular flexibility index (Phi) is 4.40. The van der Waals surface area contributed by atoms with Gasteiger partial charge in [-0.05, 0) is 42.5 Å². The number of pyridine rings is 1. The van der Waals surface area contributed by atoms with Crippen molar-refractivity contribution >= 4 is 34.0 Å². The van der Waals surface area contributed by atoms with Gasteiger partial charge in [-0.15, -0.1) is 10.2 Å². The second kappa shape index (κ2) is 7.17. The molecule has 4 rings (SSSR count). The zero-order valence-corrected chi connectivity index (χ0v) is 14.1. The van der Waals surface area contributed by atoms with Gasteiger partial charge >= 0.3 is 0 Å². The van der Waals surface area contributed by atoms with Gasteiger partial charge in [0.05, 0.1) is 11.2 Å². The first-order chi connectivity index (χ1) is 13.2. The summed E-state index contributed by atoms with van der Waals surface area (Å²) in [4.78, 5) is 16.8. The molecule has 132 valence electrons. The van der Waals surface area contributed by atoms with Gasteiger partial charge in [0.1, 0.15) is 5.82 Å². The Morgan fingerprint density at radius 1 is 0.926 bits per heavy atom. The molecule has 0 aliphatic carbocycles. The van der Waals surface area contributed by atoms with Gasteiger partial charge in [0.15, 0.2) is 11.5 Å². The third kappa shape index (κ3) is 3.72. The maximum atomic E-state index is 13.2. The third-order valence-corrected chi connectivity index (χ3v) is 3.88. The van der Waals surface area contributed by atoms with Crippen molar-refractivity contribution in [1.29, 1.82) is 0 Å². The molecule has 0 atom stereocenters. The normalized spacial score (nSPS) is 10.6. The van der Waals surface area contributed by atoms with E-state index < -0.39 is 5.91 Å². The molecule has 0 aliphatic rings. The molecule has 0 saturated heterocycles. The predicted molar refractivity (Wildman–Crippen MR) is 101 cm³/mol. The van der Waals surface area contributed by atoms with Crippen molar-refractivity contribution < 1.29 is 9.18 Å². The number of hydrogen-bond donors (Lipinski definition) is 2. The number of hydrogen-bond acceptors (Lipinski definition) is 5. The second-order valence-corrected chi connectivity index (χ2v) is 5.77. The van der Waals surface area contributed by atoms with Crippen molar-refractivity contribution in [3.8, 4) is 0 Å². The highest BCUT2D eigenvalue weighted by atomic mass is 19.1. The highest BCUT2D eigenvalue weighted by Gasteiger charge is 2.11. The minimum atomic E-state index is -0.391. The van der Waals surface area contributed by atoms with Crippen LogP contribution in [0.1, 0.15) is 10.5 Å². The standard InChI is InChI=1S/C20H14FN5O/c21-14-6-2-7-15(12-14)23-18-10-9-17(25-26-18)20(27)24-16-8-1-4-13-5-3-11-22-19(13)16/h1-12H,(H,23,26)(H,24,27). The van der Waals surface area contributed by atoms with Crippen LogP contribution in [0.2, 0.25) is 0 Å². The maximum Gasteiger partial charge on any atom is 0.276 e. The molecule has 0 spiro atoms. The van der Waals surface area contributed by atoms with Crippen LogP contribution < -0.4 is 10.6 Å². The van der Waals surface area contributed by atoms with Crippen LogP contribution in [0.5, 0.6) is 0 Å². The zero-order chi connectivity index (χ0) is 18.6. The lowest BCUT2D eigenvalue weighted by molar-refractivity contribution is 0.102. The molecule has 4 aromatic rings. The summed E-state index contributed by atoms with van der Waals surface area (Å²) in [5.74, 6) is -0.338. The van der Waals surface area contributed by atoms with Gasteiger partial charge in [-0.25, -0.2) is 4.39 Å². The molecule has 6 nitrogen and oxygen atoms in total. The van der Waals surface area contributed by atoms with E-state index in [2.05, 4.69) is 25.8 Å². The Hall–Kier alpha value is -3.87. The number of carbonyl (C=O) groups is 1. The number of anilines is 3. The first-order valence-corrected chi connectivity index (χ1v) is 8.20. The average Bonchev–Trinajstić information content (AvgIpc) is 2.69. The fourth-order valence-electron chi connectivity index (χ4n) is 2.63. The summed E-state index contributed by atoms with van der Waals surface area (Å²) in [5, 5.41) is 14.6. The number of nitrogens with one attached hydrogen (secondary N) is 2. The SMILES string of the molecule is O=C(Nc1cccc2cccnc12)c1ccc(Nc2cccc(F)c2)nn1. The van der Waals surface area contributed by atoms with Gasteiger partial charge in [-0.2, -0.15) is 0 Å². The van der Waals surface area contributed by atoms with E-state index in [1.165, 1.54) is 12.1 Å². The number of fused-ring (bicyclic) bond motifs is 1. The summed E-state index contributed by atoms with van der Waals surface area (Å²) in [6.45, 7) is 0. The average molecular weight is 359 g/mol. The Morgan fingerprint density at radius 2 is 1.78 bits per heavy atom. The number of rotatable bonds is 4. The van der Waals surface area contributed by atoms with Crippen LogP contribution in [-0.2, 0) is 0 Å². The van der Waals surface area contributed by atoms with E-state index in [0.717, 1.165) is 5.39 Å². The second-order valence-electron chi connectivity index (χ2n) is 5.77. The van der Waals surface area contributed by atoms with Crippen molar-refractivity contribution in [2.75, 3.05) is 10.6 Å². The molecule has 0 aliphatic heterocycles. The van der Waals surface area contributed by atoms with E-state index in [0.29, 0.717) is 22.7 Å².